The van der Waals surface area contributed by atoms with Gasteiger partial charge in [-0.2, -0.15) is 5.10 Å². The number of likely N-dealkylation sites (tertiary alicyclic amines) is 1. The monoisotopic (exact) mass is 273 g/mol. The number of aryl methyl sites for hydroxylation is 2. The van der Waals surface area contributed by atoms with Crippen LogP contribution in [-0.2, 0) is 0 Å². The Bertz CT molecular complexity index is 614. The fourth-order valence-corrected chi connectivity index (χ4v) is 2.77. The molecule has 0 aliphatic carbocycles. The largest absolute Gasteiger partial charge is 0.469 e. The van der Waals surface area contributed by atoms with Gasteiger partial charge in [0.15, 0.2) is 0 Å². The van der Waals surface area contributed by atoms with Crippen LogP contribution in [0.1, 0.15) is 40.6 Å². The molecule has 1 aliphatic rings. The maximum absolute atomic E-state index is 12.5. The van der Waals surface area contributed by atoms with Gasteiger partial charge in [0.25, 0.3) is 5.91 Å². The number of carbonyl (C=O) groups is 1. The Morgan fingerprint density at radius 2 is 2.30 bits per heavy atom. The summed E-state index contributed by atoms with van der Waals surface area (Å²) in [6, 6.07) is 2.02. The van der Waals surface area contributed by atoms with Gasteiger partial charge in [-0.25, -0.2) is 0 Å². The van der Waals surface area contributed by atoms with Gasteiger partial charge < -0.3 is 9.32 Å². The van der Waals surface area contributed by atoms with E-state index in [1.54, 1.807) is 12.3 Å². The van der Waals surface area contributed by atoms with E-state index in [1.807, 2.05) is 35.8 Å². The summed E-state index contributed by atoms with van der Waals surface area (Å²) in [6.07, 6.45) is 7.55. The molecule has 0 radical (unpaired) electrons. The van der Waals surface area contributed by atoms with Crippen molar-refractivity contribution in [2.75, 3.05) is 13.1 Å². The van der Waals surface area contributed by atoms with Crippen LogP contribution in [-0.4, -0.2) is 33.7 Å². The molecule has 5 heteroatoms. The van der Waals surface area contributed by atoms with Crippen molar-refractivity contribution in [1.82, 2.24) is 14.7 Å². The predicted molar refractivity (Wildman–Crippen MR) is 74.6 cm³/mol. The van der Waals surface area contributed by atoms with E-state index < -0.39 is 0 Å². The van der Waals surface area contributed by atoms with Crippen molar-refractivity contribution in [3.05, 3.63) is 41.6 Å². The third-order valence-corrected chi connectivity index (χ3v) is 3.88. The lowest BCUT2D eigenvalue weighted by Gasteiger charge is -2.32. The average molecular weight is 273 g/mol. The molecule has 0 bridgehead atoms. The van der Waals surface area contributed by atoms with Crippen LogP contribution >= 0.6 is 0 Å². The Morgan fingerprint density at radius 1 is 1.45 bits per heavy atom. The number of nitrogens with zero attached hydrogens (tertiary/aromatic N) is 3. The molecule has 2 aromatic heterocycles. The molecule has 2 aromatic rings. The zero-order valence-corrected chi connectivity index (χ0v) is 11.9. The Morgan fingerprint density at radius 3 is 2.95 bits per heavy atom. The van der Waals surface area contributed by atoms with Gasteiger partial charge in [0.1, 0.15) is 5.76 Å². The maximum Gasteiger partial charge on any atom is 0.257 e. The second-order valence-electron chi connectivity index (χ2n) is 5.44. The summed E-state index contributed by atoms with van der Waals surface area (Å²) in [5.74, 6) is 0.747. The van der Waals surface area contributed by atoms with E-state index >= 15 is 0 Å². The summed E-state index contributed by atoms with van der Waals surface area (Å²) in [7, 11) is 0. The molecule has 0 unspecified atom stereocenters. The van der Waals surface area contributed by atoms with E-state index in [-0.39, 0.29) is 11.9 Å². The molecule has 1 saturated heterocycles. The highest BCUT2D eigenvalue weighted by Gasteiger charge is 2.27. The molecule has 0 saturated carbocycles. The molecule has 0 spiro atoms. The smallest absolute Gasteiger partial charge is 0.257 e. The third kappa shape index (κ3) is 2.35. The van der Waals surface area contributed by atoms with Crippen LogP contribution in [0.5, 0.6) is 0 Å². The molecule has 5 nitrogen and oxygen atoms in total. The SMILES string of the molecule is Cc1cnn([C@H]2CCCN(C(=O)c3ccoc3C)C2)c1. The highest BCUT2D eigenvalue weighted by molar-refractivity contribution is 5.95. The van der Waals surface area contributed by atoms with Crippen molar-refractivity contribution in [3.63, 3.8) is 0 Å². The molecule has 0 aromatic carbocycles. The van der Waals surface area contributed by atoms with Crippen LogP contribution in [0.4, 0.5) is 0 Å². The number of furan rings is 1. The average Bonchev–Trinajstić information content (AvgIpc) is 3.07. The fourth-order valence-electron chi connectivity index (χ4n) is 2.77. The van der Waals surface area contributed by atoms with E-state index in [0.29, 0.717) is 17.9 Å². The molecular weight excluding hydrogens is 254 g/mol. The number of aromatic nitrogens is 2. The lowest BCUT2D eigenvalue weighted by atomic mass is 10.0. The summed E-state index contributed by atoms with van der Waals surface area (Å²) in [4.78, 5) is 14.4. The molecule has 3 heterocycles. The van der Waals surface area contributed by atoms with E-state index in [2.05, 4.69) is 5.10 Å². The van der Waals surface area contributed by atoms with Crippen LogP contribution in [0.15, 0.2) is 29.1 Å². The van der Waals surface area contributed by atoms with Gasteiger partial charge in [-0.15, -0.1) is 0 Å². The zero-order chi connectivity index (χ0) is 14.1. The van der Waals surface area contributed by atoms with Crippen LogP contribution in [0.25, 0.3) is 0 Å². The highest BCUT2D eigenvalue weighted by Crippen LogP contribution is 2.23. The first-order chi connectivity index (χ1) is 9.65. The first-order valence-electron chi connectivity index (χ1n) is 6.99. The van der Waals surface area contributed by atoms with Gasteiger partial charge in [-0.1, -0.05) is 0 Å². The van der Waals surface area contributed by atoms with Crippen LogP contribution in [0.3, 0.4) is 0 Å². The van der Waals surface area contributed by atoms with Crippen molar-refractivity contribution >= 4 is 5.91 Å². The maximum atomic E-state index is 12.5. The molecule has 1 amide bonds. The fraction of sp³-hybridized carbons (Fsp3) is 0.467. The Balaban J connectivity index is 1.75. The van der Waals surface area contributed by atoms with Crippen molar-refractivity contribution < 1.29 is 9.21 Å². The normalized spacial score (nSPS) is 19.3. The number of carbonyl (C=O) groups excluding carboxylic acids is 1. The van der Waals surface area contributed by atoms with Crippen LogP contribution in [0.2, 0.25) is 0 Å². The lowest BCUT2D eigenvalue weighted by molar-refractivity contribution is 0.0671. The van der Waals surface area contributed by atoms with E-state index in [0.717, 1.165) is 24.9 Å². The van der Waals surface area contributed by atoms with Crippen molar-refractivity contribution in [2.45, 2.75) is 32.7 Å². The van der Waals surface area contributed by atoms with Crippen LogP contribution < -0.4 is 0 Å². The van der Waals surface area contributed by atoms with Gasteiger partial charge >= 0.3 is 0 Å². The Kier molecular flexibility index (Phi) is 3.34. The van der Waals surface area contributed by atoms with Gasteiger partial charge in [-0.3, -0.25) is 9.48 Å². The van der Waals surface area contributed by atoms with Crippen LogP contribution in [0, 0.1) is 13.8 Å². The molecule has 0 N–H and O–H groups in total. The first-order valence-corrected chi connectivity index (χ1v) is 6.99. The van der Waals surface area contributed by atoms with Crippen molar-refractivity contribution in [3.8, 4) is 0 Å². The molecular formula is C15H19N3O2. The number of piperidine rings is 1. The zero-order valence-electron chi connectivity index (χ0n) is 11.9. The summed E-state index contributed by atoms with van der Waals surface area (Å²) in [6.45, 7) is 5.38. The summed E-state index contributed by atoms with van der Waals surface area (Å²) < 4.78 is 7.21. The highest BCUT2D eigenvalue weighted by atomic mass is 16.3. The molecule has 1 atom stereocenters. The van der Waals surface area contributed by atoms with Gasteiger partial charge in [-0.05, 0) is 38.3 Å². The van der Waals surface area contributed by atoms with Crippen molar-refractivity contribution in [2.24, 2.45) is 0 Å². The minimum atomic E-state index is 0.0600. The standard InChI is InChI=1S/C15H19N3O2/c1-11-8-16-18(9-11)13-4-3-6-17(10-13)15(19)14-5-7-20-12(14)2/h5,7-9,13H,3-4,6,10H2,1-2H3/t13-/m0/s1. The summed E-state index contributed by atoms with van der Waals surface area (Å²) in [5, 5.41) is 4.37. The molecule has 1 aliphatic heterocycles. The minimum absolute atomic E-state index is 0.0600. The van der Waals surface area contributed by atoms with E-state index in [1.165, 1.54) is 0 Å². The summed E-state index contributed by atoms with van der Waals surface area (Å²) in [5.41, 5.74) is 1.82. The first kappa shape index (κ1) is 13.0. The lowest BCUT2D eigenvalue weighted by Crippen LogP contribution is -2.40. The topological polar surface area (TPSA) is 51.3 Å². The number of rotatable bonds is 2. The van der Waals surface area contributed by atoms with Gasteiger partial charge in [0.05, 0.1) is 24.1 Å². The summed E-state index contributed by atoms with van der Waals surface area (Å²) >= 11 is 0. The Labute approximate surface area is 118 Å². The second-order valence-corrected chi connectivity index (χ2v) is 5.44. The van der Waals surface area contributed by atoms with Gasteiger partial charge in [0, 0.05) is 19.3 Å². The number of hydrogen-bond acceptors (Lipinski definition) is 3. The third-order valence-electron chi connectivity index (χ3n) is 3.88. The Hall–Kier alpha value is -2.04. The molecule has 1 fully saturated rings. The van der Waals surface area contributed by atoms with Crippen molar-refractivity contribution in [1.29, 1.82) is 0 Å². The van der Waals surface area contributed by atoms with E-state index in [4.69, 9.17) is 4.42 Å². The molecule has 3 rings (SSSR count). The molecule has 20 heavy (non-hydrogen) atoms. The van der Waals surface area contributed by atoms with E-state index in [9.17, 15) is 4.79 Å². The quantitative estimate of drug-likeness (QED) is 0.845. The second kappa shape index (κ2) is 5.15. The van der Waals surface area contributed by atoms with Gasteiger partial charge in [0.2, 0.25) is 0 Å². The number of amides is 1. The minimum Gasteiger partial charge on any atom is -0.469 e. The predicted octanol–water partition coefficient (Wildman–Crippen LogP) is 2.57. The molecule has 106 valence electrons. The number of hydrogen-bond donors (Lipinski definition) is 0.